The van der Waals surface area contributed by atoms with Crippen molar-refractivity contribution in [2.45, 2.75) is 17.7 Å². The van der Waals surface area contributed by atoms with Crippen molar-refractivity contribution < 1.29 is 23.1 Å². The van der Waals surface area contributed by atoms with Gasteiger partial charge in [-0.05, 0) is 53.8 Å². The van der Waals surface area contributed by atoms with Crippen LogP contribution in [0.5, 0.6) is 0 Å². The maximum Gasteiger partial charge on any atom is 0.335 e. The highest BCUT2D eigenvalue weighted by atomic mass is 35.5. The predicted molar refractivity (Wildman–Crippen MR) is 120 cm³/mol. The molecule has 7 nitrogen and oxygen atoms in total. The Bertz CT molecular complexity index is 1210. The van der Waals surface area contributed by atoms with Crippen LogP contribution < -0.4 is 9.62 Å². The molecule has 0 fully saturated rings. The summed E-state index contributed by atoms with van der Waals surface area (Å²) in [6.45, 7) is 1.28. The summed E-state index contributed by atoms with van der Waals surface area (Å²) in [7, 11) is -3.99. The van der Waals surface area contributed by atoms with E-state index in [2.05, 4.69) is 5.32 Å². The van der Waals surface area contributed by atoms with Crippen LogP contribution in [0.1, 0.15) is 21.5 Å². The third-order valence-corrected chi connectivity index (χ3v) is 8.04. The molecule has 1 aromatic heterocycles. The number of sulfonamides is 1. The standard InChI is InChI=1S/C21H19ClN2O5S2/c1-14-17(22)7-3-8-18(14)24(31(28,29)20-9-4-10-30-20)13-19(25)23-12-15-5-2-6-16(11-15)21(26)27/h2-11H,12-13H2,1H3,(H,23,25)(H,26,27). The van der Waals surface area contributed by atoms with E-state index in [1.54, 1.807) is 48.7 Å². The molecule has 0 aliphatic rings. The summed E-state index contributed by atoms with van der Waals surface area (Å²) in [6, 6.07) is 14.1. The smallest absolute Gasteiger partial charge is 0.335 e. The zero-order chi connectivity index (χ0) is 22.6. The van der Waals surface area contributed by atoms with Gasteiger partial charge < -0.3 is 10.4 Å². The maximum absolute atomic E-state index is 13.2. The quantitative estimate of drug-likeness (QED) is 0.510. The lowest BCUT2D eigenvalue weighted by molar-refractivity contribution is -0.119. The Kier molecular flexibility index (Phi) is 6.99. The fourth-order valence-electron chi connectivity index (χ4n) is 2.89. The van der Waals surface area contributed by atoms with Gasteiger partial charge in [0.15, 0.2) is 0 Å². The Morgan fingerprint density at radius 2 is 1.87 bits per heavy atom. The number of carbonyl (C=O) groups is 2. The van der Waals surface area contributed by atoms with E-state index in [1.807, 2.05) is 0 Å². The molecule has 0 bridgehead atoms. The average Bonchev–Trinajstić information content (AvgIpc) is 3.29. The molecule has 2 N–H and O–H groups in total. The van der Waals surface area contributed by atoms with Gasteiger partial charge in [-0.15, -0.1) is 11.3 Å². The van der Waals surface area contributed by atoms with Crippen LogP contribution in [0.25, 0.3) is 0 Å². The van der Waals surface area contributed by atoms with Gasteiger partial charge in [0.1, 0.15) is 10.8 Å². The number of carboxylic acid groups (broad SMARTS) is 1. The molecule has 3 rings (SSSR count). The number of hydrogen-bond donors (Lipinski definition) is 2. The average molecular weight is 479 g/mol. The Hall–Kier alpha value is -2.88. The topological polar surface area (TPSA) is 104 Å². The van der Waals surface area contributed by atoms with Crippen LogP contribution in [0.4, 0.5) is 5.69 Å². The molecule has 2 aromatic carbocycles. The lowest BCUT2D eigenvalue weighted by Crippen LogP contribution is -2.40. The second kappa shape index (κ2) is 9.51. The number of nitrogens with zero attached hydrogens (tertiary/aromatic N) is 1. The number of carboxylic acids is 1. The number of thiophene rings is 1. The molecule has 0 spiro atoms. The number of nitrogens with one attached hydrogen (secondary N) is 1. The molecule has 0 aliphatic heterocycles. The predicted octanol–water partition coefficient (Wildman–Crippen LogP) is 3.92. The largest absolute Gasteiger partial charge is 0.478 e. The van der Waals surface area contributed by atoms with Crippen LogP contribution in [-0.2, 0) is 21.4 Å². The van der Waals surface area contributed by atoms with Crippen molar-refractivity contribution in [1.82, 2.24) is 5.32 Å². The van der Waals surface area contributed by atoms with E-state index in [1.165, 1.54) is 18.2 Å². The van der Waals surface area contributed by atoms with Crippen molar-refractivity contribution in [3.05, 3.63) is 81.7 Å². The van der Waals surface area contributed by atoms with Gasteiger partial charge in [0.05, 0.1) is 11.3 Å². The minimum absolute atomic E-state index is 0.0569. The van der Waals surface area contributed by atoms with Gasteiger partial charge >= 0.3 is 5.97 Å². The van der Waals surface area contributed by atoms with Crippen LogP contribution >= 0.6 is 22.9 Å². The van der Waals surface area contributed by atoms with Crippen LogP contribution in [0, 0.1) is 6.92 Å². The molecule has 1 heterocycles. The Labute approximate surface area is 189 Å². The number of benzene rings is 2. The van der Waals surface area contributed by atoms with Crippen molar-refractivity contribution >= 4 is 50.5 Å². The summed E-state index contributed by atoms with van der Waals surface area (Å²) in [4.78, 5) is 23.8. The van der Waals surface area contributed by atoms with Gasteiger partial charge in [-0.25, -0.2) is 13.2 Å². The number of rotatable bonds is 8. The molecule has 10 heteroatoms. The Morgan fingerprint density at radius 1 is 1.13 bits per heavy atom. The van der Waals surface area contributed by atoms with Crippen molar-refractivity contribution in [1.29, 1.82) is 0 Å². The fraction of sp³-hybridized carbons (Fsp3) is 0.143. The summed E-state index contributed by atoms with van der Waals surface area (Å²) in [5.74, 6) is -1.61. The number of aromatic carboxylic acids is 1. The zero-order valence-corrected chi connectivity index (χ0v) is 18.8. The molecule has 1 amide bonds. The minimum atomic E-state index is -3.99. The minimum Gasteiger partial charge on any atom is -0.478 e. The van der Waals surface area contributed by atoms with Crippen molar-refractivity contribution in [3.8, 4) is 0 Å². The molecule has 0 saturated heterocycles. The first-order valence-corrected chi connectivity index (χ1v) is 11.8. The van der Waals surface area contributed by atoms with Crippen molar-refractivity contribution in [2.75, 3.05) is 10.8 Å². The highest BCUT2D eigenvalue weighted by Crippen LogP contribution is 2.32. The third-order valence-electron chi connectivity index (χ3n) is 4.50. The van der Waals surface area contributed by atoms with Gasteiger partial charge in [0, 0.05) is 11.6 Å². The highest BCUT2D eigenvalue weighted by Gasteiger charge is 2.29. The summed E-state index contributed by atoms with van der Waals surface area (Å²) in [5, 5.41) is 13.8. The molecule has 0 radical (unpaired) electrons. The highest BCUT2D eigenvalue weighted by molar-refractivity contribution is 7.94. The molecule has 0 aliphatic carbocycles. The Morgan fingerprint density at radius 3 is 2.55 bits per heavy atom. The first-order chi connectivity index (χ1) is 14.7. The Balaban J connectivity index is 1.85. The summed E-state index contributed by atoms with van der Waals surface area (Å²) < 4.78 is 27.6. The van der Waals surface area contributed by atoms with Crippen LogP contribution in [0.3, 0.4) is 0 Å². The zero-order valence-electron chi connectivity index (χ0n) is 16.4. The second-order valence-electron chi connectivity index (χ2n) is 6.61. The van der Waals surface area contributed by atoms with E-state index in [4.69, 9.17) is 16.7 Å². The molecule has 0 atom stereocenters. The van der Waals surface area contributed by atoms with Gasteiger partial charge in [-0.1, -0.05) is 35.9 Å². The first-order valence-electron chi connectivity index (χ1n) is 9.10. The van der Waals surface area contributed by atoms with Gasteiger partial charge in [0.2, 0.25) is 5.91 Å². The molecule has 31 heavy (non-hydrogen) atoms. The number of carbonyl (C=O) groups excluding carboxylic acids is 1. The van der Waals surface area contributed by atoms with Crippen molar-refractivity contribution in [2.24, 2.45) is 0 Å². The third kappa shape index (κ3) is 5.25. The van der Waals surface area contributed by atoms with E-state index in [9.17, 15) is 18.0 Å². The van der Waals surface area contributed by atoms with Gasteiger partial charge in [0.25, 0.3) is 10.0 Å². The first kappa shape index (κ1) is 22.8. The molecule has 162 valence electrons. The van der Waals surface area contributed by atoms with Crippen LogP contribution in [-0.4, -0.2) is 31.9 Å². The molecule has 3 aromatic rings. The van der Waals surface area contributed by atoms with E-state index >= 15 is 0 Å². The molecule has 0 saturated carbocycles. The number of anilines is 1. The molecule has 0 unspecified atom stereocenters. The lowest BCUT2D eigenvalue weighted by Gasteiger charge is -2.25. The van der Waals surface area contributed by atoms with E-state index < -0.39 is 28.4 Å². The van der Waals surface area contributed by atoms with Crippen molar-refractivity contribution in [3.63, 3.8) is 0 Å². The van der Waals surface area contributed by atoms with Crippen LogP contribution in [0.2, 0.25) is 5.02 Å². The van der Waals surface area contributed by atoms with E-state index in [0.29, 0.717) is 21.8 Å². The summed E-state index contributed by atoms with van der Waals surface area (Å²) >= 11 is 7.24. The lowest BCUT2D eigenvalue weighted by atomic mass is 10.1. The second-order valence-corrected chi connectivity index (χ2v) is 10.1. The van der Waals surface area contributed by atoms with E-state index in [0.717, 1.165) is 15.6 Å². The SMILES string of the molecule is Cc1c(Cl)cccc1N(CC(=O)NCc1cccc(C(=O)O)c1)S(=O)(=O)c1cccs1. The fourth-order valence-corrected chi connectivity index (χ4v) is 5.64. The number of amides is 1. The number of halogens is 1. The van der Waals surface area contributed by atoms with Gasteiger partial charge in [-0.2, -0.15) is 0 Å². The van der Waals surface area contributed by atoms with E-state index in [-0.39, 0.29) is 16.3 Å². The van der Waals surface area contributed by atoms with Gasteiger partial charge in [-0.3, -0.25) is 9.10 Å². The maximum atomic E-state index is 13.2. The molecular formula is C21H19ClN2O5S2. The summed E-state index contributed by atoms with van der Waals surface area (Å²) in [6.07, 6.45) is 0. The molecular weight excluding hydrogens is 460 g/mol. The number of hydrogen-bond acceptors (Lipinski definition) is 5. The summed E-state index contributed by atoms with van der Waals surface area (Å²) in [5.41, 5.74) is 1.53. The normalized spacial score (nSPS) is 11.2. The van der Waals surface area contributed by atoms with Crippen LogP contribution in [0.15, 0.2) is 64.2 Å². The monoisotopic (exact) mass is 478 g/mol.